The van der Waals surface area contributed by atoms with Crippen molar-refractivity contribution in [2.75, 3.05) is 6.16 Å². The first-order valence-corrected chi connectivity index (χ1v) is 7.68. The van der Waals surface area contributed by atoms with Gasteiger partial charge < -0.3 is 14.9 Å². The minimum atomic E-state index is -4.09. The van der Waals surface area contributed by atoms with Crippen LogP contribution in [0.5, 0.6) is 0 Å². The van der Waals surface area contributed by atoms with Gasteiger partial charge in [0.05, 0.1) is 11.6 Å². The quantitative estimate of drug-likeness (QED) is 0.615. The standard InChI is InChI=1S/C11H23O5P/c1-5-11(6-2,10(12)13)9(4)8(3)7-17(14,15)16/h8-9H,5-7H2,1-4H3,(H,12,13)(H2,14,15,16). The summed E-state index contributed by atoms with van der Waals surface area (Å²) < 4.78 is 11.0. The molecule has 102 valence electrons. The van der Waals surface area contributed by atoms with E-state index in [-0.39, 0.29) is 18.0 Å². The van der Waals surface area contributed by atoms with Crippen molar-refractivity contribution in [2.45, 2.75) is 40.5 Å². The zero-order valence-corrected chi connectivity index (χ0v) is 11.8. The molecule has 0 aliphatic rings. The number of rotatable bonds is 7. The molecule has 0 amide bonds. The van der Waals surface area contributed by atoms with Crippen LogP contribution < -0.4 is 0 Å². The zero-order chi connectivity index (χ0) is 13.9. The lowest BCUT2D eigenvalue weighted by molar-refractivity contribution is -0.154. The number of aliphatic carboxylic acids is 1. The molecule has 0 aromatic rings. The average molecular weight is 266 g/mol. The van der Waals surface area contributed by atoms with Gasteiger partial charge in [-0.3, -0.25) is 9.36 Å². The number of carbonyl (C=O) groups is 1. The maximum absolute atomic E-state index is 11.4. The highest BCUT2D eigenvalue weighted by Crippen LogP contribution is 2.45. The SMILES string of the molecule is CCC(CC)(C(=O)O)C(C)C(C)CP(=O)(O)O. The average Bonchev–Trinajstić information content (AvgIpc) is 2.17. The molecular formula is C11H23O5P. The van der Waals surface area contributed by atoms with Gasteiger partial charge in [-0.05, 0) is 24.7 Å². The van der Waals surface area contributed by atoms with Gasteiger partial charge in [-0.15, -0.1) is 0 Å². The Kier molecular flexibility index (Phi) is 5.85. The summed E-state index contributed by atoms with van der Waals surface area (Å²) in [4.78, 5) is 29.3. The lowest BCUT2D eigenvalue weighted by atomic mass is 9.68. The molecule has 0 heterocycles. The van der Waals surface area contributed by atoms with E-state index in [2.05, 4.69) is 0 Å². The van der Waals surface area contributed by atoms with Gasteiger partial charge in [0.2, 0.25) is 0 Å². The van der Waals surface area contributed by atoms with Crippen molar-refractivity contribution in [2.24, 2.45) is 17.3 Å². The summed E-state index contributed by atoms with van der Waals surface area (Å²) in [5.74, 6) is -1.48. The Morgan fingerprint density at radius 1 is 1.24 bits per heavy atom. The normalized spacial score (nSPS) is 16.6. The van der Waals surface area contributed by atoms with Crippen molar-refractivity contribution in [1.29, 1.82) is 0 Å². The van der Waals surface area contributed by atoms with Crippen molar-refractivity contribution in [3.05, 3.63) is 0 Å². The first-order valence-electron chi connectivity index (χ1n) is 5.88. The monoisotopic (exact) mass is 266 g/mol. The summed E-state index contributed by atoms with van der Waals surface area (Å²) in [6, 6.07) is 0. The van der Waals surface area contributed by atoms with Gasteiger partial charge in [-0.1, -0.05) is 27.7 Å². The number of hydrogen-bond donors (Lipinski definition) is 3. The molecule has 3 N–H and O–H groups in total. The lowest BCUT2D eigenvalue weighted by Crippen LogP contribution is -2.40. The first kappa shape index (κ1) is 16.6. The van der Waals surface area contributed by atoms with E-state index in [1.54, 1.807) is 27.7 Å². The smallest absolute Gasteiger partial charge is 0.325 e. The van der Waals surface area contributed by atoms with E-state index < -0.39 is 19.0 Å². The second-order valence-corrected chi connectivity index (χ2v) is 6.48. The van der Waals surface area contributed by atoms with Crippen molar-refractivity contribution in [3.8, 4) is 0 Å². The van der Waals surface area contributed by atoms with Crippen LogP contribution in [0.3, 0.4) is 0 Å². The van der Waals surface area contributed by atoms with Crippen LogP contribution in [-0.2, 0) is 9.36 Å². The summed E-state index contributed by atoms with van der Waals surface area (Å²) in [6.07, 6.45) is 0.667. The minimum absolute atomic E-state index is 0.261. The van der Waals surface area contributed by atoms with E-state index in [0.29, 0.717) is 12.8 Å². The Bertz CT molecular complexity index is 305. The summed E-state index contributed by atoms with van der Waals surface area (Å²) in [6.45, 7) is 7.07. The van der Waals surface area contributed by atoms with Crippen LogP contribution in [-0.4, -0.2) is 27.0 Å². The van der Waals surface area contributed by atoms with E-state index in [0.717, 1.165) is 0 Å². The zero-order valence-electron chi connectivity index (χ0n) is 10.9. The molecule has 2 unspecified atom stereocenters. The van der Waals surface area contributed by atoms with Crippen LogP contribution >= 0.6 is 7.60 Å². The predicted molar refractivity (Wildman–Crippen MR) is 65.9 cm³/mol. The molecule has 0 saturated carbocycles. The second-order valence-electron chi connectivity index (χ2n) is 4.78. The molecule has 2 atom stereocenters. The molecule has 0 rings (SSSR count). The Balaban J connectivity index is 5.03. The van der Waals surface area contributed by atoms with Crippen molar-refractivity contribution < 1.29 is 24.3 Å². The van der Waals surface area contributed by atoms with Crippen LogP contribution in [0.25, 0.3) is 0 Å². The molecule has 0 bridgehead atoms. The van der Waals surface area contributed by atoms with Gasteiger partial charge in [-0.2, -0.15) is 0 Å². The van der Waals surface area contributed by atoms with Crippen LogP contribution in [0.4, 0.5) is 0 Å². The predicted octanol–water partition coefficient (Wildman–Crippen LogP) is 2.33. The minimum Gasteiger partial charge on any atom is -0.481 e. The van der Waals surface area contributed by atoms with Gasteiger partial charge in [-0.25, -0.2) is 0 Å². The fourth-order valence-electron chi connectivity index (χ4n) is 2.47. The molecule has 6 heteroatoms. The highest BCUT2D eigenvalue weighted by molar-refractivity contribution is 7.51. The van der Waals surface area contributed by atoms with Crippen molar-refractivity contribution in [1.82, 2.24) is 0 Å². The van der Waals surface area contributed by atoms with Gasteiger partial charge >= 0.3 is 13.6 Å². The second kappa shape index (κ2) is 5.98. The molecule has 0 aliphatic carbocycles. The van der Waals surface area contributed by atoms with Crippen LogP contribution in [0, 0.1) is 17.3 Å². The summed E-state index contributed by atoms with van der Waals surface area (Å²) in [7, 11) is -4.09. The van der Waals surface area contributed by atoms with E-state index >= 15 is 0 Å². The maximum atomic E-state index is 11.4. The molecule has 0 fully saturated rings. The molecule has 0 aliphatic heterocycles. The van der Waals surface area contributed by atoms with Crippen molar-refractivity contribution >= 4 is 13.6 Å². The maximum Gasteiger partial charge on any atom is 0.325 e. The summed E-state index contributed by atoms with van der Waals surface area (Å²) in [5, 5.41) is 9.35. The summed E-state index contributed by atoms with van der Waals surface area (Å²) in [5.41, 5.74) is -0.894. The van der Waals surface area contributed by atoms with Crippen molar-refractivity contribution in [3.63, 3.8) is 0 Å². The third-order valence-electron chi connectivity index (χ3n) is 3.94. The molecule has 5 nitrogen and oxygen atoms in total. The van der Waals surface area contributed by atoms with Crippen LogP contribution in [0.15, 0.2) is 0 Å². The van der Waals surface area contributed by atoms with E-state index in [1.165, 1.54) is 0 Å². The molecule has 0 spiro atoms. The van der Waals surface area contributed by atoms with Gasteiger partial charge in [0.15, 0.2) is 0 Å². The molecule has 0 radical (unpaired) electrons. The number of carboxylic acids is 1. The Morgan fingerprint density at radius 3 is 1.88 bits per heavy atom. The van der Waals surface area contributed by atoms with E-state index in [4.69, 9.17) is 9.79 Å². The molecule has 17 heavy (non-hydrogen) atoms. The Morgan fingerprint density at radius 2 is 1.65 bits per heavy atom. The highest BCUT2D eigenvalue weighted by atomic mass is 31.2. The number of hydrogen-bond acceptors (Lipinski definition) is 2. The largest absolute Gasteiger partial charge is 0.481 e. The van der Waals surface area contributed by atoms with E-state index in [1.807, 2.05) is 0 Å². The highest BCUT2D eigenvalue weighted by Gasteiger charge is 2.43. The fourth-order valence-corrected chi connectivity index (χ4v) is 3.54. The topological polar surface area (TPSA) is 94.8 Å². The lowest BCUT2D eigenvalue weighted by Gasteiger charge is -2.37. The molecule has 0 aromatic carbocycles. The van der Waals surface area contributed by atoms with Gasteiger partial charge in [0, 0.05) is 0 Å². The fraction of sp³-hybridized carbons (Fsp3) is 0.909. The summed E-state index contributed by atoms with van der Waals surface area (Å²) >= 11 is 0. The Labute approximate surface area is 102 Å². The third-order valence-corrected chi connectivity index (χ3v) is 4.99. The number of carboxylic acid groups (broad SMARTS) is 1. The molecule has 0 saturated heterocycles. The Hall–Kier alpha value is -0.380. The van der Waals surface area contributed by atoms with Crippen LogP contribution in [0.2, 0.25) is 0 Å². The molecule has 0 aromatic heterocycles. The first-order chi connectivity index (χ1) is 7.60. The van der Waals surface area contributed by atoms with Gasteiger partial charge in [0.1, 0.15) is 0 Å². The van der Waals surface area contributed by atoms with Crippen LogP contribution in [0.1, 0.15) is 40.5 Å². The molecular weight excluding hydrogens is 243 g/mol. The van der Waals surface area contributed by atoms with Gasteiger partial charge in [0.25, 0.3) is 0 Å². The third kappa shape index (κ3) is 4.09. The van der Waals surface area contributed by atoms with E-state index in [9.17, 15) is 14.5 Å².